The van der Waals surface area contributed by atoms with Crippen molar-refractivity contribution in [1.82, 2.24) is 40.7 Å². The number of thioether (sulfide) groups is 2. The van der Waals surface area contributed by atoms with Gasteiger partial charge in [0, 0.05) is 16.9 Å². The lowest BCUT2D eigenvalue weighted by atomic mass is 10.0. The number of carbonyl (C=O) groups excluding carboxylic acids is 4. The first-order valence-electron chi connectivity index (χ1n) is 14.4. The van der Waals surface area contributed by atoms with E-state index < -0.39 is 59.5 Å². The molecular formula is C26H32N10O10S3. The number of nitrogens with one attached hydrogen (secondary N) is 3. The molecule has 0 spiro atoms. The highest BCUT2D eigenvalue weighted by atomic mass is 32.2. The third-order valence-corrected chi connectivity index (χ3v) is 9.62. The molecule has 20 nitrogen and oxygen atoms in total. The molecule has 0 aliphatic carbocycles. The van der Waals surface area contributed by atoms with Crippen LogP contribution in [0.25, 0.3) is 0 Å². The molecule has 2 aromatic heterocycles. The molecule has 0 aromatic carbocycles. The summed E-state index contributed by atoms with van der Waals surface area (Å²) < 4.78 is 6.28. The smallest absolute Gasteiger partial charge is 0.407 e. The topological polar surface area (TPSA) is 270 Å². The van der Waals surface area contributed by atoms with Gasteiger partial charge in [-0.15, -0.1) is 28.2 Å². The number of nitrogens with zero attached hydrogens (tertiary/aromatic N) is 7. The fourth-order valence-corrected chi connectivity index (χ4v) is 7.30. The Kier molecular flexibility index (Phi) is 12.2. The first-order valence-corrected chi connectivity index (χ1v) is 17.3. The SMILES string of the molecule is CCC(CNC(=O)OC(C)(C)C)ON=C(C(=O)NC1C(=O)N2C(C(=O)O)=C(CSc3nnnn3CC(=O)O)CS[C@@H]12)c1csc(NC=O)n1. The van der Waals surface area contributed by atoms with Gasteiger partial charge in [-0.2, -0.15) is 0 Å². The molecule has 0 radical (unpaired) electrons. The van der Waals surface area contributed by atoms with Gasteiger partial charge >= 0.3 is 18.0 Å². The summed E-state index contributed by atoms with van der Waals surface area (Å²) >= 11 is 3.24. The summed E-state index contributed by atoms with van der Waals surface area (Å²) in [5.41, 5.74) is -0.904. The summed E-state index contributed by atoms with van der Waals surface area (Å²) in [7, 11) is 0. The maximum absolute atomic E-state index is 13.6. The number of carbonyl (C=O) groups is 6. The largest absolute Gasteiger partial charge is 0.480 e. The zero-order chi connectivity index (χ0) is 35.9. The Hall–Kier alpha value is -4.77. The maximum atomic E-state index is 13.6. The van der Waals surface area contributed by atoms with Gasteiger partial charge in [0.2, 0.25) is 11.6 Å². The van der Waals surface area contributed by atoms with Gasteiger partial charge in [-0.25, -0.2) is 19.3 Å². The average molecular weight is 741 g/mol. The van der Waals surface area contributed by atoms with Crippen LogP contribution >= 0.6 is 34.9 Å². The van der Waals surface area contributed by atoms with Crippen molar-refractivity contribution in [2.24, 2.45) is 5.16 Å². The Morgan fingerprint density at radius 3 is 2.67 bits per heavy atom. The molecule has 2 aromatic rings. The lowest BCUT2D eigenvalue weighted by Crippen LogP contribution is -2.71. The molecule has 5 N–H and O–H groups in total. The van der Waals surface area contributed by atoms with Crippen LogP contribution in [0.1, 0.15) is 39.8 Å². The van der Waals surface area contributed by atoms with Crippen molar-refractivity contribution < 1.29 is 48.6 Å². The van der Waals surface area contributed by atoms with Crippen molar-refractivity contribution in [2.75, 3.05) is 23.4 Å². The number of carboxylic acid groups (broad SMARTS) is 2. The third-order valence-electron chi connectivity index (χ3n) is 6.46. The minimum absolute atomic E-state index is 0.00694. The van der Waals surface area contributed by atoms with Crippen LogP contribution in [0.3, 0.4) is 0 Å². The molecule has 0 saturated carbocycles. The van der Waals surface area contributed by atoms with Crippen molar-refractivity contribution in [2.45, 2.75) is 68.9 Å². The third kappa shape index (κ3) is 9.44. The highest BCUT2D eigenvalue weighted by Gasteiger charge is 2.54. The Morgan fingerprint density at radius 2 is 2.02 bits per heavy atom. The van der Waals surface area contributed by atoms with Crippen LogP contribution in [0, 0.1) is 0 Å². The number of carboxylic acids is 2. The Balaban J connectivity index is 1.48. The quantitative estimate of drug-likeness (QED) is 0.0510. The lowest BCUT2D eigenvalue weighted by Gasteiger charge is -2.49. The van der Waals surface area contributed by atoms with E-state index >= 15 is 0 Å². The van der Waals surface area contributed by atoms with Gasteiger partial charge in [0.15, 0.2) is 10.8 Å². The zero-order valence-corrected chi connectivity index (χ0v) is 28.9. The second-order valence-corrected chi connectivity index (χ2v) is 14.1. The first kappa shape index (κ1) is 37.1. The number of alkyl carbamates (subject to hydrolysis) is 1. The van der Waals surface area contributed by atoms with Crippen molar-refractivity contribution in [3.05, 3.63) is 22.3 Å². The van der Waals surface area contributed by atoms with Crippen molar-refractivity contribution in [3.63, 3.8) is 0 Å². The molecule has 264 valence electrons. The molecule has 23 heteroatoms. The van der Waals surface area contributed by atoms with E-state index in [0.29, 0.717) is 18.4 Å². The fourth-order valence-electron chi connectivity index (χ4n) is 4.28. The van der Waals surface area contributed by atoms with E-state index in [4.69, 9.17) is 14.7 Å². The molecule has 4 amide bonds. The number of fused-ring (bicyclic) bond motifs is 1. The second-order valence-electron chi connectivity index (χ2n) is 11.2. The Bertz CT molecular complexity index is 1670. The van der Waals surface area contributed by atoms with E-state index in [9.17, 15) is 33.9 Å². The molecular weight excluding hydrogens is 709 g/mol. The lowest BCUT2D eigenvalue weighted by molar-refractivity contribution is -0.150. The maximum Gasteiger partial charge on any atom is 0.407 e. The normalized spacial score (nSPS) is 18.2. The standard InChI is InChI=1S/C26H32N10O10S3/c1-5-13(6-27-25(44)45-26(2,3)4)46-32-16(14-10-48-23(29-14)28-11-37)19(40)30-17-20(41)36-18(22(42)43)12(8-47-21(17)36)9-49-24-31-33-34-35(24)7-15(38)39/h10-11,13,17,21H,5-9H2,1-4H3,(H,27,44)(H,30,40)(H,38,39)(H,42,43)(H,28,29,37)/t13?,17?,21-/m0/s1. The van der Waals surface area contributed by atoms with Gasteiger partial charge in [-0.1, -0.05) is 23.8 Å². The molecule has 1 fully saturated rings. The van der Waals surface area contributed by atoms with E-state index in [0.717, 1.165) is 32.7 Å². The number of tetrazole rings is 1. The number of β-lactam (4-membered cyclic amide) rings is 1. The minimum atomic E-state index is -1.36. The van der Waals surface area contributed by atoms with Crippen molar-refractivity contribution in [3.8, 4) is 0 Å². The van der Waals surface area contributed by atoms with Gasteiger partial charge in [-0.3, -0.25) is 24.1 Å². The van der Waals surface area contributed by atoms with E-state index in [-0.39, 0.29) is 45.4 Å². The summed E-state index contributed by atoms with van der Waals surface area (Å²) in [6, 6.07) is -1.13. The average Bonchev–Trinajstić information content (AvgIpc) is 3.68. The van der Waals surface area contributed by atoms with E-state index in [1.165, 1.54) is 17.1 Å². The number of hydrogen-bond donors (Lipinski definition) is 5. The molecule has 2 aliphatic rings. The van der Waals surface area contributed by atoms with Crippen LogP contribution in [-0.2, 0) is 40.1 Å². The Morgan fingerprint density at radius 1 is 1.27 bits per heavy atom. The zero-order valence-electron chi connectivity index (χ0n) is 26.4. The number of hydrogen-bond acceptors (Lipinski definition) is 16. The Labute approximate surface area is 290 Å². The van der Waals surface area contributed by atoms with Crippen LogP contribution in [-0.4, -0.2) is 123 Å². The molecule has 4 heterocycles. The van der Waals surface area contributed by atoms with Crippen LogP contribution in [0.15, 0.2) is 27.0 Å². The summed E-state index contributed by atoms with van der Waals surface area (Å²) in [5, 5.41) is 42.5. The van der Waals surface area contributed by atoms with Crippen molar-refractivity contribution >= 4 is 82.0 Å². The van der Waals surface area contributed by atoms with Crippen LogP contribution in [0.2, 0.25) is 0 Å². The molecule has 4 rings (SSSR count). The number of rotatable bonds is 16. The molecule has 0 bridgehead atoms. The number of aliphatic carboxylic acids is 2. The van der Waals surface area contributed by atoms with Crippen molar-refractivity contribution in [1.29, 1.82) is 0 Å². The van der Waals surface area contributed by atoms with Gasteiger partial charge in [-0.05, 0) is 43.2 Å². The summed E-state index contributed by atoms with van der Waals surface area (Å²) in [6.45, 7) is 6.41. The number of aromatic nitrogens is 5. The highest BCUT2D eigenvalue weighted by Crippen LogP contribution is 2.41. The predicted octanol–water partition coefficient (Wildman–Crippen LogP) is 0.337. The number of anilines is 1. The van der Waals surface area contributed by atoms with Crippen LogP contribution in [0.4, 0.5) is 9.93 Å². The first-order chi connectivity index (χ1) is 23.2. The molecule has 3 atom stereocenters. The van der Waals surface area contributed by atoms with Gasteiger partial charge in [0.05, 0.1) is 6.54 Å². The number of amides is 4. The van der Waals surface area contributed by atoms with Gasteiger partial charge < -0.3 is 35.7 Å². The minimum Gasteiger partial charge on any atom is -0.480 e. The number of thiazole rings is 1. The monoisotopic (exact) mass is 740 g/mol. The summed E-state index contributed by atoms with van der Waals surface area (Å²) in [4.78, 5) is 84.1. The predicted molar refractivity (Wildman–Crippen MR) is 174 cm³/mol. The van der Waals surface area contributed by atoms with Gasteiger partial charge in [0.25, 0.3) is 11.8 Å². The van der Waals surface area contributed by atoms with E-state index in [1.807, 2.05) is 0 Å². The van der Waals surface area contributed by atoms with Gasteiger partial charge in [0.1, 0.15) is 41.1 Å². The highest BCUT2D eigenvalue weighted by molar-refractivity contribution is 8.01. The summed E-state index contributed by atoms with van der Waals surface area (Å²) in [6.07, 6.45) is -0.582. The molecule has 49 heavy (non-hydrogen) atoms. The number of ether oxygens (including phenoxy) is 1. The fraction of sp³-hybridized carbons (Fsp3) is 0.500. The molecule has 2 unspecified atom stereocenters. The van der Waals surface area contributed by atoms with Crippen LogP contribution in [0.5, 0.6) is 0 Å². The second kappa shape index (κ2) is 16.1. The van der Waals surface area contributed by atoms with E-state index in [2.05, 4.69) is 41.6 Å². The van der Waals surface area contributed by atoms with Crippen LogP contribution < -0.4 is 16.0 Å². The van der Waals surface area contributed by atoms with E-state index in [1.54, 1.807) is 27.7 Å². The number of oxime groups is 1. The molecule has 1 saturated heterocycles. The molecule has 2 aliphatic heterocycles. The summed E-state index contributed by atoms with van der Waals surface area (Å²) in [5.74, 6) is -3.83.